The van der Waals surface area contributed by atoms with Crippen LogP contribution in [0.1, 0.15) is 24.6 Å². The molecule has 1 aromatic carbocycles. The van der Waals surface area contributed by atoms with Crippen molar-refractivity contribution in [3.63, 3.8) is 0 Å². The predicted octanol–water partition coefficient (Wildman–Crippen LogP) is 4.43. The summed E-state index contributed by atoms with van der Waals surface area (Å²) in [6.07, 6.45) is 1.17. The first-order valence-corrected chi connectivity index (χ1v) is 12.9. The summed E-state index contributed by atoms with van der Waals surface area (Å²) < 4.78 is 10.4. The Balaban J connectivity index is 1.35. The van der Waals surface area contributed by atoms with Gasteiger partial charge in [0, 0.05) is 23.5 Å². The molecule has 1 aliphatic rings. The lowest BCUT2D eigenvalue weighted by Gasteiger charge is -2.30. The van der Waals surface area contributed by atoms with E-state index in [-0.39, 0.29) is 30.8 Å². The molecule has 3 heterocycles. The number of likely N-dealkylation sites (tertiary alicyclic amines) is 1. The number of piperidine rings is 1. The summed E-state index contributed by atoms with van der Waals surface area (Å²) in [5, 5.41) is 2.82. The lowest BCUT2D eigenvalue weighted by Crippen LogP contribution is -2.42. The minimum atomic E-state index is -0.462. The summed E-state index contributed by atoms with van der Waals surface area (Å²) >= 11 is 3.03. The molecule has 3 aromatic rings. The summed E-state index contributed by atoms with van der Waals surface area (Å²) in [4.78, 5) is 45.2. The maximum Gasteiger partial charge on any atom is 0.311 e. The number of hydrogen-bond donors (Lipinski definition) is 0. The molecular formula is C25H26N2O5S2. The van der Waals surface area contributed by atoms with Crippen molar-refractivity contribution in [2.75, 3.05) is 26.3 Å². The fourth-order valence-corrected chi connectivity index (χ4v) is 5.69. The maximum atomic E-state index is 12.6. The minimum Gasteiger partial charge on any atom is -0.466 e. The summed E-state index contributed by atoms with van der Waals surface area (Å²) in [5.41, 5.74) is 1.77. The van der Waals surface area contributed by atoms with E-state index >= 15 is 0 Å². The predicted molar refractivity (Wildman–Crippen MR) is 131 cm³/mol. The van der Waals surface area contributed by atoms with Gasteiger partial charge in [-0.3, -0.25) is 14.4 Å². The van der Waals surface area contributed by atoms with Crippen molar-refractivity contribution in [1.29, 1.82) is 0 Å². The van der Waals surface area contributed by atoms with E-state index in [1.54, 1.807) is 23.2 Å². The van der Waals surface area contributed by atoms with Crippen LogP contribution in [0.25, 0.3) is 21.1 Å². The first-order chi connectivity index (χ1) is 16.5. The molecule has 0 aliphatic carbocycles. The van der Waals surface area contributed by atoms with E-state index in [9.17, 15) is 14.4 Å². The molecular weight excluding hydrogens is 472 g/mol. The van der Waals surface area contributed by atoms with Crippen molar-refractivity contribution < 1.29 is 23.9 Å². The van der Waals surface area contributed by atoms with Crippen LogP contribution in [0.4, 0.5) is 0 Å². The molecule has 0 saturated carbocycles. The fraction of sp³-hybridized carbons (Fsp3) is 0.360. The van der Waals surface area contributed by atoms with Crippen LogP contribution in [-0.2, 0) is 30.3 Å². The van der Waals surface area contributed by atoms with E-state index in [1.165, 1.54) is 11.3 Å². The second kappa shape index (κ2) is 11.4. The van der Waals surface area contributed by atoms with E-state index in [1.807, 2.05) is 47.8 Å². The third-order valence-electron chi connectivity index (χ3n) is 5.60. The van der Waals surface area contributed by atoms with Gasteiger partial charge in [0.05, 0.1) is 29.5 Å². The van der Waals surface area contributed by atoms with E-state index < -0.39 is 5.97 Å². The molecule has 34 heavy (non-hydrogen) atoms. The zero-order chi connectivity index (χ0) is 23.9. The number of amides is 1. The standard InChI is InChI=1S/C25H26N2O5S2/c1-2-31-25(30)18-10-12-27(13-11-18)21(28)16-32-22(29)15-20-23(19-9-6-14-33-19)26-24(34-20)17-7-4-3-5-8-17/h3-9,14,18H,2,10-13,15-16H2,1H3. The molecule has 0 unspecified atom stereocenters. The Kier molecular flexibility index (Phi) is 8.08. The average molecular weight is 499 g/mol. The first-order valence-electron chi connectivity index (χ1n) is 11.2. The molecule has 0 N–H and O–H groups in total. The Bertz CT molecular complexity index is 1120. The molecule has 178 valence electrons. The number of esters is 2. The number of thiophene rings is 1. The fourth-order valence-electron chi connectivity index (χ4n) is 3.82. The van der Waals surface area contributed by atoms with Crippen molar-refractivity contribution in [3.8, 4) is 21.1 Å². The minimum absolute atomic E-state index is 0.0515. The number of hydrogen-bond acceptors (Lipinski definition) is 8. The highest BCUT2D eigenvalue weighted by Crippen LogP contribution is 2.36. The van der Waals surface area contributed by atoms with Gasteiger partial charge in [0.1, 0.15) is 5.01 Å². The van der Waals surface area contributed by atoms with E-state index in [0.29, 0.717) is 32.5 Å². The van der Waals surface area contributed by atoms with Crippen molar-refractivity contribution in [3.05, 3.63) is 52.7 Å². The van der Waals surface area contributed by atoms with Crippen LogP contribution in [0.2, 0.25) is 0 Å². The van der Waals surface area contributed by atoms with Crippen molar-refractivity contribution in [2.24, 2.45) is 5.92 Å². The highest BCUT2D eigenvalue weighted by molar-refractivity contribution is 7.17. The molecule has 7 nitrogen and oxygen atoms in total. The Morgan fingerprint density at radius 3 is 2.50 bits per heavy atom. The largest absolute Gasteiger partial charge is 0.466 e. The highest BCUT2D eigenvalue weighted by Gasteiger charge is 2.28. The number of carbonyl (C=O) groups is 3. The van der Waals surface area contributed by atoms with Crippen LogP contribution < -0.4 is 0 Å². The van der Waals surface area contributed by atoms with Crippen LogP contribution >= 0.6 is 22.7 Å². The second-order valence-electron chi connectivity index (χ2n) is 7.88. The molecule has 1 saturated heterocycles. The monoisotopic (exact) mass is 498 g/mol. The van der Waals surface area contributed by atoms with Crippen LogP contribution in [0.5, 0.6) is 0 Å². The van der Waals surface area contributed by atoms with Crippen LogP contribution in [0.15, 0.2) is 47.8 Å². The van der Waals surface area contributed by atoms with Crippen molar-refractivity contribution >= 4 is 40.5 Å². The second-order valence-corrected chi connectivity index (χ2v) is 9.91. The van der Waals surface area contributed by atoms with Gasteiger partial charge in [-0.2, -0.15) is 0 Å². The SMILES string of the molecule is CCOC(=O)C1CCN(C(=O)COC(=O)Cc2sc(-c3ccccc3)nc2-c2cccs2)CC1. The lowest BCUT2D eigenvalue weighted by molar-refractivity contribution is -0.154. The third kappa shape index (κ3) is 5.90. The average Bonchev–Trinajstić information content (AvgIpc) is 3.53. The molecule has 0 atom stereocenters. The third-order valence-corrected chi connectivity index (χ3v) is 7.58. The van der Waals surface area contributed by atoms with Gasteiger partial charge in [0.15, 0.2) is 6.61 Å². The number of rotatable bonds is 8. The molecule has 0 spiro atoms. The number of benzene rings is 1. The smallest absolute Gasteiger partial charge is 0.311 e. The molecule has 0 bridgehead atoms. The normalized spacial score (nSPS) is 14.1. The molecule has 4 rings (SSSR count). The number of nitrogens with zero attached hydrogens (tertiary/aromatic N) is 2. The first kappa shape index (κ1) is 24.1. The van der Waals surface area contributed by atoms with Crippen molar-refractivity contribution in [1.82, 2.24) is 9.88 Å². The molecule has 2 aromatic heterocycles. The van der Waals surface area contributed by atoms with Gasteiger partial charge in [-0.05, 0) is 31.2 Å². The molecule has 0 radical (unpaired) electrons. The Hall–Kier alpha value is -3.04. The zero-order valence-corrected chi connectivity index (χ0v) is 20.5. The summed E-state index contributed by atoms with van der Waals surface area (Å²) in [6, 6.07) is 13.8. The van der Waals surface area contributed by atoms with Gasteiger partial charge in [-0.15, -0.1) is 22.7 Å². The van der Waals surface area contributed by atoms with E-state index in [4.69, 9.17) is 14.5 Å². The molecule has 1 amide bonds. The number of ether oxygens (including phenoxy) is 2. The molecule has 1 fully saturated rings. The van der Waals surface area contributed by atoms with Crippen molar-refractivity contribution in [2.45, 2.75) is 26.2 Å². The van der Waals surface area contributed by atoms with Gasteiger partial charge in [0.25, 0.3) is 5.91 Å². The summed E-state index contributed by atoms with van der Waals surface area (Å²) in [6.45, 7) is 2.74. The Morgan fingerprint density at radius 1 is 1.06 bits per heavy atom. The number of aromatic nitrogens is 1. The quantitative estimate of drug-likeness (QED) is 0.427. The summed E-state index contributed by atoms with van der Waals surface area (Å²) in [5.74, 6) is -1.09. The zero-order valence-electron chi connectivity index (χ0n) is 18.9. The molecule has 1 aliphatic heterocycles. The Labute approximate surface area is 206 Å². The molecule has 9 heteroatoms. The maximum absolute atomic E-state index is 12.6. The van der Waals surface area contributed by atoms with Gasteiger partial charge in [0.2, 0.25) is 0 Å². The van der Waals surface area contributed by atoms with Crippen LogP contribution in [0.3, 0.4) is 0 Å². The van der Waals surface area contributed by atoms with Gasteiger partial charge < -0.3 is 14.4 Å². The van der Waals surface area contributed by atoms with Crippen LogP contribution in [0, 0.1) is 5.92 Å². The summed E-state index contributed by atoms with van der Waals surface area (Å²) in [7, 11) is 0. The highest BCUT2D eigenvalue weighted by atomic mass is 32.1. The van der Waals surface area contributed by atoms with E-state index in [2.05, 4.69) is 0 Å². The van der Waals surface area contributed by atoms with Gasteiger partial charge >= 0.3 is 11.9 Å². The topological polar surface area (TPSA) is 85.8 Å². The lowest BCUT2D eigenvalue weighted by atomic mass is 9.97. The Morgan fingerprint density at radius 2 is 1.82 bits per heavy atom. The van der Waals surface area contributed by atoms with Gasteiger partial charge in [-0.1, -0.05) is 36.4 Å². The van der Waals surface area contributed by atoms with E-state index in [0.717, 1.165) is 26.0 Å². The van der Waals surface area contributed by atoms with Gasteiger partial charge in [-0.25, -0.2) is 4.98 Å². The van der Waals surface area contributed by atoms with Crippen LogP contribution in [-0.4, -0.2) is 54.0 Å². The number of thiazole rings is 1. The number of carbonyl (C=O) groups excluding carboxylic acids is 3.